The van der Waals surface area contributed by atoms with E-state index in [1.54, 1.807) is 4.90 Å². The first-order valence-corrected chi connectivity index (χ1v) is 7.75. The fourth-order valence-corrected chi connectivity index (χ4v) is 3.88. The molecule has 1 aliphatic carbocycles. The molecule has 4 heteroatoms. The van der Waals surface area contributed by atoms with Gasteiger partial charge in [0.05, 0.1) is 11.8 Å². The minimum absolute atomic E-state index is 0.0109. The molecule has 3 rings (SSSR count). The highest BCUT2D eigenvalue weighted by Crippen LogP contribution is 2.38. The largest absolute Gasteiger partial charge is 0.314 e. The minimum Gasteiger partial charge on any atom is -0.314 e. The number of likely N-dealkylation sites (tertiary alicyclic amines) is 1. The van der Waals surface area contributed by atoms with Crippen LogP contribution in [-0.4, -0.2) is 35.8 Å². The predicted octanol–water partition coefficient (Wildman–Crippen LogP) is 1.55. The highest BCUT2D eigenvalue weighted by molar-refractivity contribution is 6.05. The van der Waals surface area contributed by atoms with Crippen LogP contribution in [0.3, 0.4) is 0 Å². The Labute approximate surface area is 114 Å². The third-order valence-electron chi connectivity index (χ3n) is 5.14. The number of hydrogen-bond acceptors (Lipinski definition) is 3. The quantitative estimate of drug-likeness (QED) is 0.770. The van der Waals surface area contributed by atoms with Crippen molar-refractivity contribution in [3.8, 4) is 0 Å². The van der Waals surface area contributed by atoms with Gasteiger partial charge in [0.2, 0.25) is 11.8 Å². The lowest BCUT2D eigenvalue weighted by Gasteiger charge is -2.30. The van der Waals surface area contributed by atoms with E-state index in [-0.39, 0.29) is 23.7 Å². The zero-order valence-electron chi connectivity index (χ0n) is 11.7. The lowest BCUT2D eigenvalue weighted by atomic mass is 9.81. The van der Waals surface area contributed by atoms with Crippen molar-refractivity contribution in [3.05, 3.63) is 0 Å². The van der Waals surface area contributed by atoms with Crippen molar-refractivity contribution in [2.24, 2.45) is 17.8 Å². The van der Waals surface area contributed by atoms with Gasteiger partial charge in [0, 0.05) is 12.6 Å². The zero-order valence-corrected chi connectivity index (χ0v) is 11.7. The van der Waals surface area contributed by atoms with Gasteiger partial charge in [-0.3, -0.25) is 14.5 Å². The summed E-state index contributed by atoms with van der Waals surface area (Å²) in [6.07, 6.45) is 6.33. The van der Waals surface area contributed by atoms with Crippen molar-refractivity contribution in [1.82, 2.24) is 10.2 Å². The number of amides is 2. The Bertz CT molecular complexity index is 350. The lowest BCUT2D eigenvalue weighted by Crippen LogP contribution is -2.44. The van der Waals surface area contributed by atoms with Crippen molar-refractivity contribution in [2.75, 3.05) is 13.1 Å². The molecule has 4 unspecified atom stereocenters. The third-order valence-corrected chi connectivity index (χ3v) is 5.14. The van der Waals surface area contributed by atoms with Gasteiger partial charge in [-0.1, -0.05) is 12.8 Å². The van der Waals surface area contributed by atoms with Crippen LogP contribution >= 0.6 is 0 Å². The second kappa shape index (κ2) is 5.23. The Kier molecular flexibility index (Phi) is 3.61. The van der Waals surface area contributed by atoms with Gasteiger partial charge < -0.3 is 5.32 Å². The van der Waals surface area contributed by atoms with Gasteiger partial charge in [-0.05, 0) is 45.1 Å². The standard InChI is InChI=1S/C15H24N2O2/c1-10-6-7-11(8-16-10)9-17-14(18)12-4-2-3-5-13(12)15(17)19/h10-13,16H,2-9H2,1H3. The van der Waals surface area contributed by atoms with Gasteiger partial charge in [0.25, 0.3) is 0 Å². The van der Waals surface area contributed by atoms with Gasteiger partial charge in [-0.15, -0.1) is 0 Å². The fourth-order valence-electron chi connectivity index (χ4n) is 3.88. The number of imide groups is 1. The van der Waals surface area contributed by atoms with Crippen LogP contribution in [0.5, 0.6) is 0 Å². The van der Waals surface area contributed by atoms with Crippen LogP contribution in [-0.2, 0) is 9.59 Å². The second-order valence-electron chi connectivity index (χ2n) is 6.54. The molecule has 3 aliphatic rings. The molecule has 3 fully saturated rings. The summed E-state index contributed by atoms with van der Waals surface area (Å²) in [7, 11) is 0. The SMILES string of the molecule is CC1CCC(CN2C(=O)C3CCCCC3C2=O)CN1. The summed E-state index contributed by atoms with van der Waals surface area (Å²) in [5.41, 5.74) is 0. The van der Waals surface area contributed by atoms with E-state index in [0.29, 0.717) is 18.5 Å². The number of piperidine rings is 1. The molecule has 0 aromatic rings. The number of nitrogens with zero attached hydrogens (tertiary/aromatic N) is 1. The molecule has 0 radical (unpaired) electrons. The van der Waals surface area contributed by atoms with Crippen molar-refractivity contribution in [2.45, 2.75) is 51.5 Å². The summed E-state index contributed by atoms with van der Waals surface area (Å²) >= 11 is 0. The number of carbonyl (C=O) groups excluding carboxylic acids is 2. The Morgan fingerprint density at radius 2 is 1.68 bits per heavy atom. The zero-order chi connectivity index (χ0) is 13.4. The summed E-state index contributed by atoms with van der Waals surface area (Å²) in [6.45, 7) is 3.77. The summed E-state index contributed by atoms with van der Waals surface area (Å²) in [6, 6.07) is 0.573. The predicted molar refractivity (Wildman–Crippen MR) is 72.4 cm³/mol. The molecular formula is C15H24N2O2. The molecule has 2 amide bonds. The molecule has 0 bridgehead atoms. The molecule has 1 saturated carbocycles. The number of nitrogens with one attached hydrogen (secondary N) is 1. The first-order chi connectivity index (χ1) is 9.16. The summed E-state index contributed by atoms with van der Waals surface area (Å²) in [5.74, 6) is 0.708. The van der Waals surface area contributed by atoms with E-state index >= 15 is 0 Å². The van der Waals surface area contributed by atoms with Crippen LogP contribution < -0.4 is 5.32 Å². The first-order valence-electron chi connectivity index (χ1n) is 7.75. The van der Waals surface area contributed by atoms with E-state index < -0.39 is 0 Å². The van der Waals surface area contributed by atoms with Gasteiger partial charge in [-0.25, -0.2) is 0 Å². The normalized spacial score (nSPS) is 39.5. The average Bonchev–Trinajstić information content (AvgIpc) is 2.67. The number of hydrogen-bond donors (Lipinski definition) is 1. The van der Waals surface area contributed by atoms with Crippen molar-refractivity contribution in [3.63, 3.8) is 0 Å². The number of carbonyl (C=O) groups is 2. The summed E-state index contributed by atoms with van der Waals surface area (Å²) in [4.78, 5) is 26.3. The van der Waals surface area contributed by atoms with Crippen LogP contribution in [0.25, 0.3) is 0 Å². The topological polar surface area (TPSA) is 49.4 Å². The fraction of sp³-hybridized carbons (Fsp3) is 0.867. The van der Waals surface area contributed by atoms with E-state index in [4.69, 9.17) is 0 Å². The first kappa shape index (κ1) is 13.1. The van der Waals surface area contributed by atoms with Crippen LogP contribution in [0.15, 0.2) is 0 Å². The molecular weight excluding hydrogens is 240 g/mol. The molecule has 0 aromatic heterocycles. The average molecular weight is 264 g/mol. The van der Waals surface area contributed by atoms with Crippen LogP contribution in [0.4, 0.5) is 0 Å². The number of rotatable bonds is 2. The maximum Gasteiger partial charge on any atom is 0.233 e. The summed E-state index contributed by atoms with van der Waals surface area (Å²) < 4.78 is 0. The van der Waals surface area contributed by atoms with E-state index in [2.05, 4.69) is 12.2 Å². The van der Waals surface area contributed by atoms with E-state index in [9.17, 15) is 9.59 Å². The van der Waals surface area contributed by atoms with Crippen LogP contribution in [0.2, 0.25) is 0 Å². The highest BCUT2D eigenvalue weighted by atomic mass is 16.2. The molecule has 0 spiro atoms. The monoisotopic (exact) mass is 264 g/mol. The second-order valence-corrected chi connectivity index (χ2v) is 6.54. The number of fused-ring (bicyclic) bond motifs is 1. The van der Waals surface area contributed by atoms with Crippen molar-refractivity contribution < 1.29 is 9.59 Å². The van der Waals surface area contributed by atoms with Crippen LogP contribution in [0.1, 0.15) is 45.4 Å². The molecule has 2 heterocycles. The molecule has 0 aromatic carbocycles. The maximum absolute atomic E-state index is 12.4. The maximum atomic E-state index is 12.4. The molecule has 2 aliphatic heterocycles. The van der Waals surface area contributed by atoms with Gasteiger partial charge in [-0.2, -0.15) is 0 Å². The molecule has 4 nitrogen and oxygen atoms in total. The highest BCUT2D eigenvalue weighted by Gasteiger charge is 2.48. The van der Waals surface area contributed by atoms with E-state index in [1.165, 1.54) is 0 Å². The minimum atomic E-state index is 0.0109. The lowest BCUT2D eigenvalue weighted by molar-refractivity contribution is -0.140. The Morgan fingerprint density at radius 1 is 1.05 bits per heavy atom. The van der Waals surface area contributed by atoms with E-state index in [0.717, 1.165) is 45.1 Å². The smallest absolute Gasteiger partial charge is 0.233 e. The van der Waals surface area contributed by atoms with Crippen LogP contribution in [0, 0.1) is 17.8 Å². The van der Waals surface area contributed by atoms with Gasteiger partial charge in [0.15, 0.2) is 0 Å². The summed E-state index contributed by atoms with van der Waals surface area (Å²) in [5, 5.41) is 3.45. The van der Waals surface area contributed by atoms with Crippen molar-refractivity contribution in [1.29, 1.82) is 0 Å². The molecule has 19 heavy (non-hydrogen) atoms. The van der Waals surface area contributed by atoms with Gasteiger partial charge >= 0.3 is 0 Å². The molecule has 1 N–H and O–H groups in total. The van der Waals surface area contributed by atoms with Gasteiger partial charge in [0.1, 0.15) is 0 Å². The molecule has 2 saturated heterocycles. The molecule has 4 atom stereocenters. The third kappa shape index (κ3) is 2.42. The Morgan fingerprint density at radius 3 is 2.21 bits per heavy atom. The molecule has 106 valence electrons. The van der Waals surface area contributed by atoms with Crippen molar-refractivity contribution >= 4 is 11.8 Å². The Balaban J connectivity index is 1.64. The van der Waals surface area contributed by atoms with E-state index in [1.807, 2.05) is 0 Å². The Hall–Kier alpha value is -0.900.